The van der Waals surface area contributed by atoms with Gasteiger partial charge in [-0.1, -0.05) is 36.4 Å². The standard InChI is InChI=1S/C28H33N3O3/c1-3-31(4-2)28(33)23-15-17-24(18-16-23)30-27(32)21-29-25-13-8-14-26(20-25)34-19-9-12-22-10-6-5-7-11-22/h5-8,10-11,13-18,20,29H,3-4,9,12,19,21H2,1-2H3,(H,30,32). The Bertz CT molecular complexity index is 1050. The van der Waals surface area contributed by atoms with Crippen LogP contribution in [-0.4, -0.2) is 43.0 Å². The van der Waals surface area contributed by atoms with Gasteiger partial charge in [0.2, 0.25) is 5.91 Å². The van der Waals surface area contributed by atoms with Crippen LogP contribution in [0.15, 0.2) is 78.9 Å². The van der Waals surface area contributed by atoms with Gasteiger partial charge in [-0.2, -0.15) is 0 Å². The second kappa shape index (κ2) is 13.0. The summed E-state index contributed by atoms with van der Waals surface area (Å²) in [6.07, 6.45) is 1.91. The fraction of sp³-hybridized carbons (Fsp3) is 0.286. The third-order valence-electron chi connectivity index (χ3n) is 5.47. The predicted molar refractivity (Wildman–Crippen MR) is 138 cm³/mol. The average Bonchev–Trinajstić information content (AvgIpc) is 2.87. The first-order chi connectivity index (χ1) is 16.6. The lowest BCUT2D eigenvalue weighted by molar-refractivity contribution is -0.114. The molecule has 6 nitrogen and oxygen atoms in total. The highest BCUT2D eigenvalue weighted by Crippen LogP contribution is 2.18. The molecule has 3 aromatic carbocycles. The number of ether oxygens (including phenoxy) is 1. The SMILES string of the molecule is CCN(CC)C(=O)c1ccc(NC(=O)CNc2cccc(OCCCc3ccccc3)c2)cc1. The van der Waals surface area contributed by atoms with Crippen LogP contribution in [0.1, 0.15) is 36.2 Å². The van der Waals surface area contributed by atoms with Gasteiger partial charge in [-0.3, -0.25) is 9.59 Å². The van der Waals surface area contributed by atoms with Crippen molar-refractivity contribution in [3.8, 4) is 5.75 Å². The van der Waals surface area contributed by atoms with Gasteiger partial charge in [0.15, 0.2) is 0 Å². The molecule has 3 rings (SSSR count). The Labute approximate surface area is 201 Å². The third kappa shape index (κ3) is 7.66. The first kappa shape index (κ1) is 24.8. The van der Waals surface area contributed by atoms with Crippen molar-refractivity contribution in [3.63, 3.8) is 0 Å². The highest BCUT2D eigenvalue weighted by atomic mass is 16.5. The van der Waals surface area contributed by atoms with Crippen LogP contribution in [0, 0.1) is 0 Å². The number of benzene rings is 3. The van der Waals surface area contributed by atoms with Gasteiger partial charge in [-0.05, 0) is 68.7 Å². The summed E-state index contributed by atoms with van der Waals surface area (Å²) >= 11 is 0. The van der Waals surface area contributed by atoms with Gasteiger partial charge >= 0.3 is 0 Å². The highest BCUT2D eigenvalue weighted by Gasteiger charge is 2.12. The summed E-state index contributed by atoms with van der Waals surface area (Å²) in [4.78, 5) is 26.5. The molecule has 0 radical (unpaired) electrons. The van der Waals surface area contributed by atoms with Gasteiger partial charge in [0.1, 0.15) is 5.75 Å². The van der Waals surface area contributed by atoms with Gasteiger partial charge in [-0.15, -0.1) is 0 Å². The number of aryl methyl sites for hydroxylation is 1. The van der Waals surface area contributed by atoms with Gasteiger partial charge in [0.25, 0.3) is 5.91 Å². The number of carbonyl (C=O) groups is 2. The van der Waals surface area contributed by atoms with E-state index in [1.807, 2.05) is 56.3 Å². The number of nitrogens with zero attached hydrogens (tertiary/aromatic N) is 1. The topological polar surface area (TPSA) is 70.7 Å². The molecule has 0 saturated carbocycles. The Morgan fingerprint density at radius 3 is 2.29 bits per heavy atom. The Hall–Kier alpha value is -3.80. The van der Waals surface area contributed by atoms with Crippen molar-refractivity contribution in [2.24, 2.45) is 0 Å². The minimum atomic E-state index is -0.169. The summed E-state index contributed by atoms with van der Waals surface area (Å²) < 4.78 is 5.86. The molecular formula is C28H33N3O3. The summed E-state index contributed by atoms with van der Waals surface area (Å²) in [5.74, 6) is 0.593. The number of anilines is 2. The van der Waals surface area contributed by atoms with E-state index in [0.717, 1.165) is 24.3 Å². The van der Waals surface area contributed by atoms with Crippen LogP contribution in [0.5, 0.6) is 5.75 Å². The van der Waals surface area contributed by atoms with E-state index in [2.05, 4.69) is 22.8 Å². The Morgan fingerprint density at radius 1 is 0.853 bits per heavy atom. The molecule has 34 heavy (non-hydrogen) atoms. The number of hydrogen-bond donors (Lipinski definition) is 2. The van der Waals surface area contributed by atoms with Crippen molar-refractivity contribution in [1.82, 2.24) is 4.90 Å². The third-order valence-corrected chi connectivity index (χ3v) is 5.47. The first-order valence-electron chi connectivity index (χ1n) is 11.8. The summed E-state index contributed by atoms with van der Waals surface area (Å²) in [7, 11) is 0. The van der Waals surface area contributed by atoms with Crippen LogP contribution in [-0.2, 0) is 11.2 Å². The second-order valence-electron chi connectivity index (χ2n) is 7.92. The Kier molecular flexibility index (Phi) is 9.52. The Balaban J connectivity index is 1.42. The number of rotatable bonds is 12. The molecule has 2 N–H and O–H groups in total. The molecule has 0 aliphatic heterocycles. The summed E-state index contributed by atoms with van der Waals surface area (Å²) in [6.45, 7) is 6.00. The normalized spacial score (nSPS) is 10.4. The van der Waals surface area contributed by atoms with E-state index in [0.29, 0.717) is 30.9 Å². The van der Waals surface area contributed by atoms with Gasteiger partial charge in [0, 0.05) is 36.1 Å². The van der Waals surface area contributed by atoms with Crippen LogP contribution < -0.4 is 15.4 Å². The number of carbonyl (C=O) groups excluding carboxylic acids is 2. The molecule has 0 fully saturated rings. The van der Waals surface area contributed by atoms with E-state index in [1.54, 1.807) is 29.2 Å². The molecule has 0 saturated heterocycles. The molecule has 178 valence electrons. The lowest BCUT2D eigenvalue weighted by atomic mass is 10.1. The van der Waals surface area contributed by atoms with E-state index in [9.17, 15) is 9.59 Å². The fourth-order valence-electron chi connectivity index (χ4n) is 3.58. The molecule has 0 spiro atoms. The van der Waals surface area contributed by atoms with E-state index in [1.165, 1.54) is 5.56 Å². The quantitative estimate of drug-likeness (QED) is 0.364. The smallest absolute Gasteiger partial charge is 0.253 e. The van der Waals surface area contributed by atoms with Gasteiger partial charge < -0.3 is 20.3 Å². The van der Waals surface area contributed by atoms with Crippen LogP contribution in [0.25, 0.3) is 0 Å². The number of nitrogens with one attached hydrogen (secondary N) is 2. The molecule has 6 heteroatoms. The zero-order valence-corrected chi connectivity index (χ0v) is 19.9. The summed E-state index contributed by atoms with van der Waals surface area (Å²) in [5.41, 5.74) is 3.38. The van der Waals surface area contributed by atoms with E-state index in [-0.39, 0.29) is 18.4 Å². The van der Waals surface area contributed by atoms with Crippen molar-refractivity contribution < 1.29 is 14.3 Å². The number of hydrogen-bond acceptors (Lipinski definition) is 4. The predicted octanol–water partition coefficient (Wildman–Crippen LogP) is 5.23. The van der Waals surface area contributed by atoms with Crippen LogP contribution >= 0.6 is 0 Å². The average molecular weight is 460 g/mol. The van der Waals surface area contributed by atoms with E-state index < -0.39 is 0 Å². The number of amides is 2. The zero-order chi connectivity index (χ0) is 24.2. The maximum atomic E-state index is 12.4. The summed E-state index contributed by atoms with van der Waals surface area (Å²) in [5, 5.41) is 5.98. The van der Waals surface area contributed by atoms with Crippen molar-refractivity contribution >= 4 is 23.2 Å². The zero-order valence-electron chi connectivity index (χ0n) is 19.9. The minimum Gasteiger partial charge on any atom is -0.494 e. The largest absolute Gasteiger partial charge is 0.494 e. The van der Waals surface area contributed by atoms with Gasteiger partial charge in [0.05, 0.1) is 13.2 Å². The molecule has 3 aromatic rings. The van der Waals surface area contributed by atoms with Crippen LogP contribution in [0.3, 0.4) is 0 Å². The second-order valence-corrected chi connectivity index (χ2v) is 7.92. The first-order valence-corrected chi connectivity index (χ1v) is 11.8. The van der Waals surface area contributed by atoms with Crippen molar-refractivity contribution in [2.45, 2.75) is 26.7 Å². The Morgan fingerprint density at radius 2 is 1.59 bits per heavy atom. The van der Waals surface area contributed by atoms with E-state index >= 15 is 0 Å². The van der Waals surface area contributed by atoms with Crippen molar-refractivity contribution in [1.29, 1.82) is 0 Å². The minimum absolute atomic E-state index is 0.00768. The molecule has 0 heterocycles. The van der Waals surface area contributed by atoms with Crippen LogP contribution in [0.4, 0.5) is 11.4 Å². The summed E-state index contributed by atoms with van der Waals surface area (Å²) in [6, 6.07) is 24.9. The molecular weight excluding hydrogens is 426 g/mol. The molecule has 0 atom stereocenters. The highest BCUT2D eigenvalue weighted by molar-refractivity contribution is 5.96. The van der Waals surface area contributed by atoms with Crippen LogP contribution in [0.2, 0.25) is 0 Å². The fourth-order valence-corrected chi connectivity index (χ4v) is 3.58. The van der Waals surface area contributed by atoms with Gasteiger partial charge in [-0.25, -0.2) is 0 Å². The van der Waals surface area contributed by atoms with Crippen molar-refractivity contribution in [2.75, 3.05) is 36.9 Å². The molecule has 0 unspecified atom stereocenters. The van der Waals surface area contributed by atoms with Crippen molar-refractivity contribution in [3.05, 3.63) is 90.0 Å². The maximum absolute atomic E-state index is 12.4. The molecule has 0 aliphatic carbocycles. The van der Waals surface area contributed by atoms with E-state index in [4.69, 9.17) is 4.74 Å². The molecule has 0 aliphatic rings. The lowest BCUT2D eigenvalue weighted by Crippen LogP contribution is -2.30. The monoisotopic (exact) mass is 459 g/mol. The maximum Gasteiger partial charge on any atom is 0.253 e. The lowest BCUT2D eigenvalue weighted by Gasteiger charge is -2.18. The molecule has 0 bridgehead atoms. The molecule has 0 aromatic heterocycles. The molecule has 2 amide bonds.